The fourth-order valence-electron chi connectivity index (χ4n) is 1.88. The summed E-state index contributed by atoms with van der Waals surface area (Å²) in [4.78, 5) is 11.4. The number of benzene rings is 1. The van der Waals surface area contributed by atoms with Crippen LogP contribution in [0.3, 0.4) is 0 Å². The molecule has 0 aromatic heterocycles. The molecule has 0 amide bonds. The van der Waals surface area contributed by atoms with Crippen LogP contribution in [0.25, 0.3) is 0 Å². The van der Waals surface area contributed by atoms with Gasteiger partial charge in [-0.15, -0.1) is 0 Å². The lowest BCUT2D eigenvalue weighted by Crippen LogP contribution is -2.26. The van der Waals surface area contributed by atoms with Crippen molar-refractivity contribution in [2.75, 3.05) is 14.2 Å². The molecule has 1 fully saturated rings. The Balaban J connectivity index is 2.09. The lowest BCUT2D eigenvalue weighted by molar-refractivity contribution is -0.147. The topological polar surface area (TPSA) is 56.8 Å². The van der Waals surface area contributed by atoms with Gasteiger partial charge in [0.15, 0.2) is 6.10 Å². The number of hydrogen-bond acceptors (Lipinski definition) is 5. The first kappa shape index (κ1) is 14.7. The van der Waals surface area contributed by atoms with Crippen LogP contribution in [0.1, 0.15) is 25.3 Å². The van der Waals surface area contributed by atoms with Crippen LogP contribution in [0.15, 0.2) is 18.2 Å². The zero-order valence-electron chi connectivity index (χ0n) is 12.1. The minimum Gasteiger partial charge on any atom is -0.497 e. The van der Waals surface area contributed by atoms with Crippen LogP contribution < -0.4 is 14.8 Å². The molecule has 0 saturated heterocycles. The Morgan fingerprint density at radius 3 is 2.75 bits per heavy atom. The fraction of sp³-hybridized carbons (Fsp3) is 0.533. The standard InChI is InChI=1S/C15H21NO4/c1-10(15(17)19-3)20-14-7-6-13(18-2)8-11(14)9-16-12-4-5-12/h6-8,10,12,16H,4-5,9H2,1-3H3. The molecule has 0 aliphatic heterocycles. The molecule has 0 bridgehead atoms. The van der Waals surface area contributed by atoms with E-state index < -0.39 is 6.10 Å². The Bertz CT molecular complexity index is 471. The molecule has 0 radical (unpaired) electrons. The molecular weight excluding hydrogens is 258 g/mol. The number of hydrogen-bond donors (Lipinski definition) is 1. The third-order valence-corrected chi connectivity index (χ3v) is 3.26. The molecule has 1 atom stereocenters. The van der Waals surface area contributed by atoms with Crippen LogP contribution in [0.4, 0.5) is 0 Å². The summed E-state index contributed by atoms with van der Waals surface area (Å²) in [5, 5.41) is 3.43. The molecule has 110 valence electrons. The Kier molecular flexibility index (Phi) is 4.84. The van der Waals surface area contributed by atoms with Crippen molar-refractivity contribution in [2.45, 2.75) is 38.5 Å². The number of carbonyl (C=O) groups excluding carboxylic acids is 1. The predicted molar refractivity (Wildman–Crippen MR) is 75.0 cm³/mol. The summed E-state index contributed by atoms with van der Waals surface area (Å²) >= 11 is 0. The lowest BCUT2D eigenvalue weighted by atomic mass is 10.2. The van der Waals surface area contributed by atoms with E-state index in [-0.39, 0.29) is 5.97 Å². The van der Waals surface area contributed by atoms with E-state index in [4.69, 9.17) is 9.47 Å². The van der Waals surface area contributed by atoms with Crippen molar-refractivity contribution in [3.63, 3.8) is 0 Å². The van der Waals surface area contributed by atoms with Crippen LogP contribution >= 0.6 is 0 Å². The average Bonchev–Trinajstić information content (AvgIpc) is 3.29. The summed E-state index contributed by atoms with van der Waals surface area (Å²) in [6.45, 7) is 2.37. The van der Waals surface area contributed by atoms with Crippen molar-refractivity contribution < 1.29 is 19.0 Å². The highest BCUT2D eigenvalue weighted by Gasteiger charge is 2.22. The highest BCUT2D eigenvalue weighted by atomic mass is 16.6. The van der Waals surface area contributed by atoms with E-state index in [1.807, 2.05) is 18.2 Å². The van der Waals surface area contributed by atoms with Gasteiger partial charge in [-0.1, -0.05) is 0 Å². The van der Waals surface area contributed by atoms with Gasteiger partial charge < -0.3 is 19.5 Å². The largest absolute Gasteiger partial charge is 0.497 e. The fourth-order valence-corrected chi connectivity index (χ4v) is 1.88. The van der Waals surface area contributed by atoms with Gasteiger partial charge in [0.2, 0.25) is 0 Å². The summed E-state index contributed by atoms with van der Waals surface area (Å²) in [7, 11) is 2.98. The van der Waals surface area contributed by atoms with Crippen molar-refractivity contribution in [2.24, 2.45) is 0 Å². The van der Waals surface area contributed by atoms with Crippen molar-refractivity contribution in [3.05, 3.63) is 23.8 Å². The molecule has 1 aromatic rings. The van der Waals surface area contributed by atoms with Crippen LogP contribution in [-0.2, 0) is 16.1 Å². The van der Waals surface area contributed by atoms with E-state index >= 15 is 0 Å². The Morgan fingerprint density at radius 2 is 2.15 bits per heavy atom. The van der Waals surface area contributed by atoms with Crippen molar-refractivity contribution in [1.29, 1.82) is 0 Å². The normalized spacial score (nSPS) is 15.6. The number of nitrogens with one attached hydrogen (secondary N) is 1. The molecule has 20 heavy (non-hydrogen) atoms. The van der Waals surface area contributed by atoms with Crippen molar-refractivity contribution in [1.82, 2.24) is 5.32 Å². The van der Waals surface area contributed by atoms with Gasteiger partial charge in [-0.05, 0) is 38.0 Å². The average molecular weight is 279 g/mol. The second kappa shape index (κ2) is 6.61. The first-order chi connectivity index (χ1) is 9.63. The van der Waals surface area contributed by atoms with Crippen LogP contribution in [0, 0.1) is 0 Å². The third-order valence-electron chi connectivity index (χ3n) is 3.26. The van der Waals surface area contributed by atoms with Gasteiger partial charge in [0, 0.05) is 18.2 Å². The maximum Gasteiger partial charge on any atom is 0.346 e. The first-order valence-corrected chi connectivity index (χ1v) is 6.79. The number of carbonyl (C=O) groups is 1. The third kappa shape index (κ3) is 3.87. The summed E-state index contributed by atoms with van der Waals surface area (Å²) in [5.74, 6) is 1.06. The number of methoxy groups -OCH3 is 2. The molecule has 1 aliphatic carbocycles. The monoisotopic (exact) mass is 279 g/mol. The summed E-state index contributed by atoms with van der Waals surface area (Å²) < 4.78 is 15.6. The van der Waals surface area contributed by atoms with E-state index in [1.54, 1.807) is 14.0 Å². The summed E-state index contributed by atoms with van der Waals surface area (Å²) in [5.41, 5.74) is 0.979. The van der Waals surface area contributed by atoms with Gasteiger partial charge in [0.05, 0.1) is 14.2 Å². The molecule has 1 N–H and O–H groups in total. The molecule has 1 aliphatic rings. The smallest absolute Gasteiger partial charge is 0.346 e. The van der Waals surface area contributed by atoms with Crippen LogP contribution in [0.2, 0.25) is 0 Å². The quantitative estimate of drug-likeness (QED) is 0.772. The number of esters is 1. The van der Waals surface area contributed by atoms with Crippen molar-refractivity contribution >= 4 is 5.97 Å². The molecule has 5 nitrogen and oxygen atoms in total. The van der Waals surface area contributed by atoms with Crippen LogP contribution in [0.5, 0.6) is 11.5 Å². The SMILES string of the molecule is COC(=O)C(C)Oc1ccc(OC)cc1CNC1CC1. The second-order valence-corrected chi connectivity index (χ2v) is 4.91. The Hall–Kier alpha value is -1.75. The lowest BCUT2D eigenvalue weighted by Gasteiger charge is -2.17. The molecule has 0 spiro atoms. The van der Waals surface area contributed by atoms with Gasteiger partial charge in [0.25, 0.3) is 0 Å². The molecular formula is C15H21NO4. The Morgan fingerprint density at radius 1 is 1.40 bits per heavy atom. The van der Waals surface area contributed by atoms with Gasteiger partial charge >= 0.3 is 5.97 Å². The molecule has 1 unspecified atom stereocenters. The van der Waals surface area contributed by atoms with E-state index in [9.17, 15) is 4.79 Å². The van der Waals surface area contributed by atoms with Gasteiger partial charge in [-0.25, -0.2) is 4.79 Å². The molecule has 2 rings (SSSR count). The van der Waals surface area contributed by atoms with Gasteiger partial charge in [-0.3, -0.25) is 0 Å². The maximum atomic E-state index is 11.4. The minimum absolute atomic E-state index is 0.387. The Labute approximate surface area is 119 Å². The van der Waals surface area contributed by atoms with Crippen LogP contribution in [-0.4, -0.2) is 32.3 Å². The zero-order chi connectivity index (χ0) is 14.5. The molecule has 1 aromatic carbocycles. The summed E-state index contributed by atoms with van der Waals surface area (Å²) in [6, 6.07) is 6.17. The zero-order valence-corrected chi connectivity index (χ0v) is 12.1. The second-order valence-electron chi connectivity index (χ2n) is 4.91. The van der Waals surface area contributed by atoms with E-state index in [2.05, 4.69) is 10.1 Å². The van der Waals surface area contributed by atoms with E-state index in [0.717, 1.165) is 11.3 Å². The molecule has 5 heteroatoms. The molecule has 0 heterocycles. The molecule has 1 saturated carbocycles. The van der Waals surface area contributed by atoms with Crippen molar-refractivity contribution in [3.8, 4) is 11.5 Å². The first-order valence-electron chi connectivity index (χ1n) is 6.79. The van der Waals surface area contributed by atoms with Gasteiger partial charge in [0.1, 0.15) is 11.5 Å². The maximum absolute atomic E-state index is 11.4. The minimum atomic E-state index is -0.631. The van der Waals surface area contributed by atoms with Gasteiger partial charge in [-0.2, -0.15) is 0 Å². The number of ether oxygens (including phenoxy) is 3. The highest BCUT2D eigenvalue weighted by molar-refractivity contribution is 5.74. The van der Waals surface area contributed by atoms with E-state index in [0.29, 0.717) is 18.3 Å². The summed E-state index contributed by atoms with van der Waals surface area (Å²) in [6.07, 6.45) is 1.81. The van der Waals surface area contributed by atoms with E-state index in [1.165, 1.54) is 20.0 Å². The highest BCUT2D eigenvalue weighted by Crippen LogP contribution is 2.27. The predicted octanol–water partition coefficient (Wildman–Crippen LogP) is 1.89. The number of rotatable bonds is 7.